The molecule has 0 aliphatic carbocycles. The van der Waals surface area contributed by atoms with Crippen molar-refractivity contribution in [2.24, 2.45) is 4.99 Å². The highest BCUT2D eigenvalue weighted by Gasteiger charge is 2.14. The van der Waals surface area contributed by atoms with Gasteiger partial charge in [0.1, 0.15) is 17.6 Å². The summed E-state index contributed by atoms with van der Waals surface area (Å²) >= 11 is 7.30. The van der Waals surface area contributed by atoms with Crippen LogP contribution in [0.4, 0.5) is 0 Å². The predicted molar refractivity (Wildman–Crippen MR) is 111 cm³/mol. The number of rotatable bonds is 8. The molecule has 1 heterocycles. The number of benzene rings is 1. The zero-order valence-corrected chi connectivity index (χ0v) is 17.6. The summed E-state index contributed by atoms with van der Waals surface area (Å²) in [5.74, 6) is 2.21. The Morgan fingerprint density at radius 1 is 1.30 bits per heavy atom. The average Bonchev–Trinajstić information content (AvgIpc) is 3.11. The summed E-state index contributed by atoms with van der Waals surface area (Å²) in [7, 11) is 5.21. The third-order valence-corrected chi connectivity index (χ3v) is 5.27. The lowest BCUT2D eigenvalue weighted by Crippen LogP contribution is -2.38. The minimum Gasteiger partial charge on any atom is -0.497 e. The molecule has 8 heteroatoms. The largest absolute Gasteiger partial charge is 0.497 e. The molecule has 148 valence electrons. The summed E-state index contributed by atoms with van der Waals surface area (Å²) in [6.07, 6.45) is -0.680. The molecule has 1 atom stereocenters. The van der Waals surface area contributed by atoms with Crippen LogP contribution in [0.3, 0.4) is 0 Å². The molecule has 0 amide bonds. The first-order chi connectivity index (χ1) is 13.0. The molecule has 2 aromatic rings. The van der Waals surface area contributed by atoms with Gasteiger partial charge in [-0.1, -0.05) is 11.6 Å². The number of hydrogen-bond donors (Lipinski definition) is 2. The van der Waals surface area contributed by atoms with Gasteiger partial charge in [0.15, 0.2) is 5.96 Å². The van der Waals surface area contributed by atoms with Crippen LogP contribution in [0.2, 0.25) is 4.34 Å². The molecule has 1 aromatic carbocycles. The molecule has 1 aromatic heterocycles. The number of hydrogen-bond acceptors (Lipinski definition) is 5. The molecular formula is C19H26ClN3O3S. The van der Waals surface area contributed by atoms with E-state index >= 15 is 0 Å². The monoisotopic (exact) mass is 411 g/mol. The quantitative estimate of drug-likeness (QED) is 0.513. The van der Waals surface area contributed by atoms with Crippen LogP contribution < -0.4 is 14.8 Å². The highest BCUT2D eigenvalue weighted by atomic mass is 35.5. The molecule has 2 rings (SSSR count). The van der Waals surface area contributed by atoms with Gasteiger partial charge in [0.2, 0.25) is 0 Å². The molecular weight excluding hydrogens is 386 g/mol. The second kappa shape index (κ2) is 10.4. The minimum absolute atomic E-state index is 0.253. The maximum absolute atomic E-state index is 10.3. The van der Waals surface area contributed by atoms with Crippen LogP contribution in [0, 0.1) is 0 Å². The van der Waals surface area contributed by atoms with E-state index in [1.165, 1.54) is 11.3 Å². The first-order valence-corrected chi connectivity index (χ1v) is 9.81. The van der Waals surface area contributed by atoms with Gasteiger partial charge in [0.05, 0.1) is 25.1 Å². The van der Waals surface area contributed by atoms with E-state index < -0.39 is 6.10 Å². The van der Waals surface area contributed by atoms with Gasteiger partial charge < -0.3 is 24.8 Å². The lowest BCUT2D eigenvalue weighted by molar-refractivity contribution is 0.190. The van der Waals surface area contributed by atoms with Gasteiger partial charge in [0.25, 0.3) is 0 Å². The fourth-order valence-electron chi connectivity index (χ4n) is 2.55. The van der Waals surface area contributed by atoms with Crippen molar-refractivity contribution in [2.75, 3.05) is 34.4 Å². The van der Waals surface area contributed by atoms with Gasteiger partial charge in [-0.2, -0.15) is 0 Å². The lowest BCUT2D eigenvalue weighted by Gasteiger charge is -2.23. The van der Waals surface area contributed by atoms with E-state index in [1.54, 1.807) is 20.3 Å². The number of aliphatic hydroxyl groups excluding tert-OH is 1. The van der Waals surface area contributed by atoms with E-state index in [0.717, 1.165) is 28.5 Å². The molecule has 0 saturated heterocycles. The highest BCUT2D eigenvalue weighted by molar-refractivity contribution is 7.16. The average molecular weight is 412 g/mol. The number of guanidine groups is 1. The molecule has 0 saturated carbocycles. The summed E-state index contributed by atoms with van der Waals surface area (Å²) in [6.45, 7) is 3.58. The Morgan fingerprint density at radius 3 is 2.67 bits per heavy atom. The van der Waals surface area contributed by atoms with Crippen molar-refractivity contribution in [3.05, 3.63) is 45.1 Å². The standard InChI is InChI=1S/C19H26ClN3O3S/c1-5-21-19(22-11-15(24)17-8-9-18(20)27-17)23(2)12-13-6-7-14(25-3)10-16(13)26-4/h6-10,15,24H,5,11-12H2,1-4H3,(H,21,22). The van der Waals surface area contributed by atoms with Crippen molar-refractivity contribution in [1.29, 1.82) is 0 Å². The molecule has 0 bridgehead atoms. The van der Waals surface area contributed by atoms with Gasteiger partial charge in [-0.15, -0.1) is 11.3 Å². The fraction of sp³-hybridized carbons (Fsp3) is 0.421. The number of halogens is 1. The fourth-order valence-corrected chi connectivity index (χ4v) is 3.59. The molecule has 6 nitrogen and oxygen atoms in total. The topological polar surface area (TPSA) is 66.3 Å². The number of nitrogens with one attached hydrogen (secondary N) is 1. The number of thiophene rings is 1. The number of aliphatic imine (C=N–C) groups is 1. The Kier molecular flexibility index (Phi) is 8.22. The Balaban J connectivity index is 2.10. The van der Waals surface area contributed by atoms with Crippen molar-refractivity contribution in [2.45, 2.75) is 19.6 Å². The number of aliphatic hydroxyl groups is 1. The SMILES string of the molecule is CCNC(=NCC(O)c1ccc(Cl)s1)N(C)Cc1ccc(OC)cc1OC. The van der Waals surface area contributed by atoms with Gasteiger partial charge in [-0.3, -0.25) is 4.99 Å². The maximum Gasteiger partial charge on any atom is 0.194 e. The summed E-state index contributed by atoms with van der Waals surface area (Å²) in [5, 5.41) is 13.6. The molecule has 0 radical (unpaired) electrons. The van der Waals surface area contributed by atoms with Crippen LogP contribution in [0.5, 0.6) is 11.5 Å². The van der Waals surface area contributed by atoms with Crippen LogP contribution in [-0.2, 0) is 6.54 Å². The third kappa shape index (κ3) is 6.02. The molecule has 1 unspecified atom stereocenters. The first-order valence-electron chi connectivity index (χ1n) is 8.62. The van der Waals surface area contributed by atoms with Crippen molar-refractivity contribution in [1.82, 2.24) is 10.2 Å². The molecule has 0 fully saturated rings. The van der Waals surface area contributed by atoms with E-state index in [9.17, 15) is 5.11 Å². The summed E-state index contributed by atoms with van der Waals surface area (Å²) in [6, 6.07) is 9.34. The Morgan fingerprint density at radius 2 is 2.07 bits per heavy atom. The van der Waals surface area contributed by atoms with Crippen molar-refractivity contribution < 1.29 is 14.6 Å². The summed E-state index contributed by atoms with van der Waals surface area (Å²) < 4.78 is 11.4. The van der Waals surface area contributed by atoms with Gasteiger partial charge in [-0.25, -0.2) is 0 Å². The zero-order valence-electron chi connectivity index (χ0n) is 16.0. The van der Waals surface area contributed by atoms with Gasteiger partial charge in [0, 0.05) is 36.6 Å². The van der Waals surface area contributed by atoms with E-state index in [0.29, 0.717) is 16.8 Å². The van der Waals surface area contributed by atoms with Crippen molar-refractivity contribution in [3.8, 4) is 11.5 Å². The number of methoxy groups -OCH3 is 2. The van der Waals surface area contributed by atoms with Crippen LogP contribution >= 0.6 is 22.9 Å². The minimum atomic E-state index is -0.680. The molecule has 0 aliphatic heterocycles. The molecule has 27 heavy (non-hydrogen) atoms. The predicted octanol–water partition coefficient (Wildman–Crippen LogP) is 3.55. The summed E-state index contributed by atoms with van der Waals surface area (Å²) in [4.78, 5) is 7.36. The summed E-state index contributed by atoms with van der Waals surface area (Å²) in [5.41, 5.74) is 1.01. The van der Waals surface area contributed by atoms with Crippen LogP contribution in [-0.4, -0.2) is 50.3 Å². The third-order valence-electron chi connectivity index (χ3n) is 3.93. The Hall–Kier alpha value is -1.96. The van der Waals surface area contributed by atoms with E-state index in [4.69, 9.17) is 21.1 Å². The molecule has 2 N–H and O–H groups in total. The smallest absolute Gasteiger partial charge is 0.194 e. The normalized spacial score (nSPS) is 12.6. The van der Waals surface area contributed by atoms with Crippen molar-refractivity contribution >= 4 is 28.9 Å². The van der Waals surface area contributed by atoms with Gasteiger partial charge in [-0.05, 0) is 31.2 Å². The zero-order chi connectivity index (χ0) is 19.8. The number of ether oxygens (including phenoxy) is 2. The van der Waals surface area contributed by atoms with Crippen LogP contribution in [0.25, 0.3) is 0 Å². The molecule has 0 spiro atoms. The van der Waals surface area contributed by atoms with E-state index in [1.807, 2.05) is 43.1 Å². The number of nitrogens with zero attached hydrogens (tertiary/aromatic N) is 2. The first kappa shape index (κ1) is 21.3. The molecule has 0 aliphatic rings. The van der Waals surface area contributed by atoms with Crippen molar-refractivity contribution in [3.63, 3.8) is 0 Å². The Bertz CT molecular complexity index is 766. The van der Waals surface area contributed by atoms with Crippen LogP contribution in [0.1, 0.15) is 23.5 Å². The highest BCUT2D eigenvalue weighted by Crippen LogP contribution is 2.27. The van der Waals surface area contributed by atoms with E-state index in [2.05, 4.69) is 10.3 Å². The lowest BCUT2D eigenvalue weighted by atomic mass is 10.2. The second-order valence-corrected chi connectivity index (χ2v) is 7.63. The maximum atomic E-state index is 10.3. The Labute approximate surface area is 169 Å². The van der Waals surface area contributed by atoms with E-state index in [-0.39, 0.29) is 6.54 Å². The second-order valence-electron chi connectivity index (χ2n) is 5.89. The van der Waals surface area contributed by atoms with Gasteiger partial charge >= 0.3 is 0 Å². The van der Waals surface area contributed by atoms with Crippen LogP contribution in [0.15, 0.2) is 35.3 Å².